The third-order valence-electron chi connectivity index (χ3n) is 8.58. The van der Waals surface area contributed by atoms with Crippen molar-refractivity contribution >= 4 is 70.2 Å². The van der Waals surface area contributed by atoms with E-state index in [1.807, 2.05) is 18.4 Å². The lowest BCUT2D eigenvalue weighted by molar-refractivity contribution is 1.11. The minimum atomic E-state index is 0.445. The highest BCUT2D eigenvalue weighted by atomic mass is 32.1. The van der Waals surface area contributed by atoms with Crippen LogP contribution in [0, 0.1) is 0 Å². The van der Waals surface area contributed by atoms with Crippen LogP contribution in [0.15, 0.2) is 156 Å². The molecule has 0 spiro atoms. The maximum absolute atomic E-state index is 5.09. The number of benzene rings is 6. The molecule has 0 bridgehead atoms. The molecule has 4 heteroatoms. The molecule has 0 saturated heterocycles. The minimum absolute atomic E-state index is 0.445. The Labute approximate surface area is 266 Å². The van der Waals surface area contributed by atoms with Crippen molar-refractivity contribution in [2.24, 2.45) is 4.99 Å². The number of fused-ring (bicyclic) bond motifs is 6. The van der Waals surface area contributed by atoms with Crippen molar-refractivity contribution in [1.82, 2.24) is 5.32 Å². The monoisotopic (exact) mass is 597 g/mol. The van der Waals surface area contributed by atoms with Gasteiger partial charge >= 0.3 is 0 Å². The number of hydrogen-bond acceptors (Lipinski definition) is 4. The summed E-state index contributed by atoms with van der Waals surface area (Å²) in [6, 6.07) is 43.5. The molecule has 216 valence electrons. The molecule has 0 fully saturated rings. The number of hydrogen-bond donors (Lipinski definition) is 2. The van der Waals surface area contributed by atoms with Crippen molar-refractivity contribution in [1.29, 1.82) is 0 Å². The van der Waals surface area contributed by atoms with Crippen LogP contribution in [0.2, 0.25) is 0 Å². The molecule has 0 unspecified atom stereocenters. The van der Waals surface area contributed by atoms with Gasteiger partial charge in [-0.3, -0.25) is 4.99 Å². The van der Waals surface area contributed by atoms with Gasteiger partial charge in [0.15, 0.2) is 0 Å². The van der Waals surface area contributed by atoms with E-state index in [0.717, 1.165) is 28.2 Å². The molecule has 45 heavy (non-hydrogen) atoms. The number of nitrogens with zero attached hydrogens (tertiary/aromatic N) is 1. The average molecular weight is 598 g/mol. The first kappa shape index (κ1) is 27.1. The normalized spacial score (nSPS) is 15.0. The van der Waals surface area contributed by atoms with E-state index in [1.54, 1.807) is 0 Å². The lowest BCUT2D eigenvalue weighted by Crippen LogP contribution is -2.14. The highest BCUT2D eigenvalue weighted by Crippen LogP contribution is 2.43. The van der Waals surface area contributed by atoms with Crippen molar-refractivity contribution in [2.45, 2.75) is 0 Å². The molecular formula is C41H31N3S. The van der Waals surface area contributed by atoms with Crippen LogP contribution >= 0.6 is 11.3 Å². The molecule has 0 saturated carbocycles. The fraction of sp³-hybridized carbons (Fsp3) is 0.0488. The van der Waals surface area contributed by atoms with Gasteiger partial charge in [0.2, 0.25) is 0 Å². The van der Waals surface area contributed by atoms with E-state index in [9.17, 15) is 0 Å². The van der Waals surface area contributed by atoms with E-state index in [0.29, 0.717) is 6.67 Å². The number of allylic oxidation sites excluding steroid dienone is 5. The van der Waals surface area contributed by atoms with E-state index in [2.05, 4.69) is 156 Å². The topological polar surface area (TPSA) is 36.4 Å². The van der Waals surface area contributed by atoms with Crippen LogP contribution in [0.3, 0.4) is 0 Å². The number of anilines is 1. The lowest BCUT2D eigenvalue weighted by atomic mass is 9.94. The summed E-state index contributed by atoms with van der Waals surface area (Å²) < 4.78 is 2.64. The Bertz CT molecular complexity index is 2360. The predicted octanol–water partition coefficient (Wildman–Crippen LogP) is 10.6. The van der Waals surface area contributed by atoms with Gasteiger partial charge in [0.1, 0.15) is 6.67 Å². The van der Waals surface area contributed by atoms with Gasteiger partial charge in [-0.2, -0.15) is 0 Å². The van der Waals surface area contributed by atoms with Crippen molar-refractivity contribution in [3.05, 3.63) is 157 Å². The second kappa shape index (κ2) is 11.6. The highest BCUT2D eigenvalue weighted by molar-refractivity contribution is 7.26. The lowest BCUT2D eigenvalue weighted by Gasteiger charge is -2.17. The maximum atomic E-state index is 5.09. The second-order valence-corrected chi connectivity index (χ2v) is 12.3. The Hall–Kier alpha value is -5.45. The predicted molar refractivity (Wildman–Crippen MR) is 196 cm³/mol. The zero-order valence-corrected chi connectivity index (χ0v) is 25.7. The minimum Gasteiger partial charge on any atom is -0.387 e. The van der Waals surface area contributed by atoms with Gasteiger partial charge in [-0.05, 0) is 63.0 Å². The molecule has 6 aromatic carbocycles. The Balaban J connectivity index is 1.19. The summed E-state index contributed by atoms with van der Waals surface area (Å²) in [5.74, 6) is 0. The summed E-state index contributed by atoms with van der Waals surface area (Å²) in [7, 11) is 1.98. The van der Waals surface area contributed by atoms with Crippen LogP contribution in [0.25, 0.3) is 58.5 Å². The first-order valence-corrected chi connectivity index (χ1v) is 16.1. The van der Waals surface area contributed by atoms with Gasteiger partial charge in [0, 0.05) is 44.0 Å². The number of thiophene rings is 1. The summed E-state index contributed by atoms with van der Waals surface area (Å²) in [6.45, 7) is 0.445. The maximum Gasteiger partial charge on any atom is 0.108 e. The standard InChI is InChI=1S/C41H31N3S/c1-42-41(30-20-19-27-11-5-6-14-29(27)25-30)33-15-7-9-17-35(33)43-26-44-36-23-21-32-31(39(36)28-12-3-2-4-13-28)22-24-38-40(32)34-16-8-10-18-37(34)45-38/h2-25,42,44H,26H2,1H3/b41-33-,43-35-. The van der Waals surface area contributed by atoms with Crippen molar-refractivity contribution in [3.8, 4) is 11.1 Å². The smallest absolute Gasteiger partial charge is 0.108 e. The van der Waals surface area contributed by atoms with E-state index < -0.39 is 0 Å². The quantitative estimate of drug-likeness (QED) is 0.200. The molecule has 2 N–H and O–H groups in total. The summed E-state index contributed by atoms with van der Waals surface area (Å²) in [6.07, 6.45) is 8.36. The van der Waals surface area contributed by atoms with Crippen LogP contribution in [0.5, 0.6) is 0 Å². The second-order valence-electron chi connectivity index (χ2n) is 11.2. The van der Waals surface area contributed by atoms with Crippen molar-refractivity contribution in [2.75, 3.05) is 19.0 Å². The van der Waals surface area contributed by atoms with Gasteiger partial charge in [-0.15, -0.1) is 11.3 Å². The summed E-state index contributed by atoms with van der Waals surface area (Å²) in [5.41, 5.74) is 7.67. The fourth-order valence-corrected chi connectivity index (χ4v) is 7.63. The molecule has 7 aromatic rings. The molecule has 1 aliphatic rings. The van der Waals surface area contributed by atoms with Crippen LogP contribution < -0.4 is 10.6 Å². The third kappa shape index (κ3) is 4.90. The summed E-state index contributed by atoms with van der Waals surface area (Å²) >= 11 is 1.86. The molecule has 3 nitrogen and oxygen atoms in total. The Morgan fingerprint density at radius 2 is 1.44 bits per heavy atom. The molecule has 0 atom stereocenters. The average Bonchev–Trinajstić information content (AvgIpc) is 3.48. The molecule has 0 amide bonds. The van der Waals surface area contributed by atoms with Crippen LogP contribution in [0.1, 0.15) is 5.56 Å². The summed E-state index contributed by atoms with van der Waals surface area (Å²) in [5, 5.41) is 14.8. The highest BCUT2D eigenvalue weighted by Gasteiger charge is 2.16. The number of nitrogens with one attached hydrogen (secondary N) is 2. The summed E-state index contributed by atoms with van der Waals surface area (Å²) in [4.78, 5) is 5.09. The van der Waals surface area contributed by atoms with Gasteiger partial charge in [0.25, 0.3) is 0 Å². The van der Waals surface area contributed by atoms with E-state index in [-0.39, 0.29) is 0 Å². The number of rotatable bonds is 6. The molecule has 8 rings (SSSR count). The number of aliphatic imine (C=N–C) groups is 1. The van der Waals surface area contributed by atoms with E-state index >= 15 is 0 Å². The van der Waals surface area contributed by atoms with Crippen LogP contribution in [-0.4, -0.2) is 19.4 Å². The molecular weight excluding hydrogens is 567 g/mol. The molecule has 1 aromatic heterocycles. The zero-order valence-electron chi connectivity index (χ0n) is 24.9. The van der Waals surface area contributed by atoms with Crippen molar-refractivity contribution < 1.29 is 0 Å². The van der Waals surface area contributed by atoms with Crippen molar-refractivity contribution in [3.63, 3.8) is 0 Å². The Morgan fingerprint density at radius 1 is 0.667 bits per heavy atom. The Morgan fingerprint density at radius 3 is 2.33 bits per heavy atom. The van der Waals surface area contributed by atoms with E-state index in [4.69, 9.17) is 4.99 Å². The van der Waals surface area contributed by atoms with Gasteiger partial charge in [-0.25, -0.2) is 0 Å². The molecule has 0 aliphatic heterocycles. The largest absolute Gasteiger partial charge is 0.387 e. The van der Waals surface area contributed by atoms with Gasteiger partial charge in [-0.1, -0.05) is 115 Å². The van der Waals surface area contributed by atoms with Crippen LogP contribution in [-0.2, 0) is 0 Å². The Kier molecular flexibility index (Phi) is 6.97. The third-order valence-corrected chi connectivity index (χ3v) is 9.72. The van der Waals surface area contributed by atoms with E-state index in [1.165, 1.54) is 52.8 Å². The van der Waals surface area contributed by atoms with Gasteiger partial charge in [0.05, 0.1) is 11.4 Å². The molecule has 1 aliphatic carbocycles. The first-order valence-electron chi connectivity index (χ1n) is 15.3. The fourth-order valence-electron chi connectivity index (χ4n) is 6.50. The molecule has 0 radical (unpaired) electrons. The molecule has 1 heterocycles. The van der Waals surface area contributed by atoms with Crippen LogP contribution in [0.4, 0.5) is 5.69 Å². The zero-order chi connectivity index (χ0) is 30.2. The SMILES string of the molecule is CN/C(=C1/C=CC=C/C1=N/CNc1ccc2c(ccc3sc4ccccc4c32)c1-c1ccccc1)c1ccc2ccccc2c1. The van der Waals surface area contributed by atoms with Gasteiger partial charge < -0.3 is 10.6 Å². The first-order chi connectivity index (χ1) is 22.3.